The quantitative estimate of drug-likeness (QED) is 0.197. The van der Waals surface area contributed by atoms with Gasteiger partial charge in [0.25, 0.3) is 0 Å². The number of carbonyl (C=O) groups is 3. The Hall–Kier alpha value is -5.34. The highest BCUT2D eigenvalue weighted by Gasteiger charge is 2.42. The van der Waals surface area contributed by atoms with E-state index < -0.39 is 12.1 Å². The van der Waals surface area contributed by atoms with Crippen LogP contribution >= 0.6 is 0 Å². The van der Waals surface area contributed by atoms with E-state index in [0.717, 1.165) is 64.5 Å². The molecule has 8 nitrogen and oxygen atoms in total. The van der Waals surface area contributed by atoms with Gasteiger partial charge in [-0.1, -0.05) is 103 Å². The third kappa shape index (κ3) is 7.92. The molecule has 1 aromatic heterocycles. The van der Waals surface area contributed by atoms with E-state index in [1.165, 1.54) is 0 Å². The summed E-state index contributed by atoms with van der Waals surface area (Å²) < 4.78 is 0. The number of carbonyl (C=O) groups excluding carboxylic acids is 3. The molecule has 0 spiro atoms. The number of nitrogens with zero attached hydrogens (tertiary/aromatic N) is 3. The number of hydrogen-bond donors (Lipinski definition) is 2. The van der Waals surface area contributed by atoms with Crippen molar-refractivity contribution in [3.05, 3.63) is 138 Å². The molecule has 2 aliphatic heterocycles. The van der Waals surface area contributed by atoms with Crippen LogP contribution in [-0.4, -0.2) is 70.8 Å². The van der Waals surface area contributed by atoms with Crippen LogP contribution in [-0.2, 0) is 33.8 Å². The Morgan fingerprint density at radius 3 is 2.24 bits per heavy atom. The average molecular weight is 666 g/mol. The lowest BCUT2D eigenvalue weighted by molar-refractivity contribution is -0.152. The Morgan fingerprint density at radius 2 is 1.48 bits per heavy atom. The minimum atomic E-state index is -0.830. The molecule has 2 fully saturated rings. The molecule has 0 saturated carbocycles. The topological polar surface area (TPSA) is 94.6 Å². The zero-order chi connectivity index (χ0) is 34.3. The smallest absolute Gasteiger partial charge is 0.246 e. The molecule has 0 radical (unpaired) electrons. The number of piperazine rings is 1. The number of piperidine rings is 1. The van der Waals surface area contributed by atoms with Crippen molar-refractivity contribution in [1.82, 2.24) is 25.4 Å². The molecule has 0 bridgehead atoms. The van der Waals surface area contributed by atoms with Crippen LogP contribution in [0.3, 0.4) is 0 Å². The van der Waals surface area contributed by atoms with Crippen LogP contribution in [0.2, 0.25) is 0 Å². The normalized spacial score (nSPS) is 18.2. The molecule has 254 valence electrons. The maximum atomic E-state index is 14.5. The molecule has 50 heavy (non-hydrogen) atoms. The second-order valence-electron chi connectivity index (χ2n) is 13.5. The standard InChI is InChI=1S/C42H43N5O3/c48-40(25-33-7-6-20-44-26-33)46(27-31-18-21-43-22-19-31)29-39-41(49)45-38(24-32-14-17-35-10-4-5-11-37(35)23-32)42(50)47(39)28-30-12-15-36(16-13-30)34-8-2-1-3-9-34/h1-17,20,23,26,31,38-39,43H,18-19,21-22,24-25,27-29H2,(H,45,49). The van der Waals surface area contributed by atoms with Crippen molar-refractivity contribution in [2.24, 2.45) is 5.92 Å². The average Bonchev–Trinajstić information content (AvgIpc) is 3.16. The minimum Gasteiger partial charge on any atom is -0.342 e. The molecule has 3 heterocycles. The Balaban J connectivity index is 1.17. The summed E-state index contributed by atoms with van der Waals surface area (Å²) in [6, 6.07) is 34.8. The maximum Gasteiger partial charge on any atom is 0.246 e. The molecule has 7 rings (SSSR count). The van der Waals surface area contributed by atoms with Gasteiger partial charge in [0.1, 0.15) is 12.1 Å². The van der Waals surface area contributed by atoms with Gasteiger partial charge in [0.2, 0.25) is 17.7 Å². The van der Waals surface area contributed by atoms with Crippen molar-refractivity contribution in [2.45, 2.75) is 44.3 Å². The number of nitrogens with one attached hydrogen (secondary N) is 2. The van der Waals surface area contributed by atoms with E-state index in [9.17, 15) is 14.4 Å². The third-order valence-electron chi connectivity index (χ3n) is 10.0. The minimum absolute atomic E-state index is 0.0674. The number of amides is 3. The summed E-state index contributed by atoms with van der Waals surface area (Å²) in [5.74, 6) is -0.129. The van der Waals surface area contributed by atoms with Gasteiger partial charge in [-0.3, -0.25) is 19.4 Å². The molecule has 3 amide bonds. The lowest BCUT2D eigenvalue weighted by Crippen LogP contribution is -2.66. The van der Waals surface area contributed by atoms with Gasteiger partial charge in [-0.05, 0) is 76.5 Å². The SMILES string of the molecule is O=C1NC(Cc2ccc3ccccc3c2)C(=O)N(Cc2ccc(-c3ccccc3)cc2)C1CN(CC1CCNCC1)C(=O)Cc1cccnc1. The van der Waals surface area contributed by atoms with Gasteiger partial charge in [-0.2, -0.15) is 0 Å². The zero-order valence-corrected chi connectivity index (χ0v) is 28.2. The van der Waals surface area contributed by atoms with Crippen molar-refractivity contribution in [1.29, 1.82) is 0 Å². The van der Waals surface area contributed by atoms with Gasteiger partial charge in [0, 0.05) is 31.9 Å². The van der Waals surface area contributed by atoms with Crippen LogP contribution in [0.15, 0.2) is 122 Å². The largest absolute Gasteiger partial charge is 0.342 e. The fourth-order valence-corrected chi connectivity index (χ4v) is 7.22. The molecule has 2 unspecified atom stereocenters. The fraction of sp³-hybridized carbons (Fsp3) is 0.286. The molecule has 8 heteroatoms. The van der Waals surface area contributed by atoms with E-state index in [-0.39, 0.29) is 37.2 Å². The summed E-state index contributed by atoms with van der Waals surface area (Å²) in [7, 11) is 0. The van der Waals surface area contributed by atoms with Crippen LogP contribution in [0, 0.1) is 5.92 Å². The van der Waals surface area contributed by atoms with Gasteiger partial charge in [0.15, 0.2) is 0 Å². The first-order valence-electron chi connectivity index (χ1n) is 17.6. The van der Waals surface area contributed by atoms with Crippen LogP contribution in [0.25, 0.3) is 21.9 Å². The van der Waals surface area contributed by atoms with Crippen LogP contribution in [0.4, 0.5) is 0 Å². The number of rotatable bonds is 11. The van der Waals surface area contributed by atoms with Crippen molar-refractivity contribution in [3.63, 3.8) is 0 Å². The number of hydrogen-bond acceptors (Lipinski definition) is 5. The molecule has 2 aliphatic rings. The first kappa shape index (κ1) is 33.2. The highest BCUT2D eigenvalue weighted by atomic mass is 16.2. The van der Waals surface area contributed by atoms with Gasteiger partial charge >= 0.3 is 0 Å². The van der Waals surface area contributed by atoms with E-state index >= 15 is 0 Å². The molecule has 4 aromatic carbocycles. The van der Waals surface area contributed by atoms with E-state index in [1.807, 2.05) is 65.6 Å². The Bertz CT molecular complexity index is 1930. The molecule has 2 atom stereocenters. The maximum absolute atomic E-state index is 14.5. The first-order valence-corrected chi connectivity index (χ1v) is 17.6. The number of aromatic nitrogens is 1. The Morgan fingerprint density at radius 1 is 0.760 bits per heavy atom. The summed E-state index contributed by atoms with van der Waals surface area (Å²) in [5, 5.41) is 8.69. The first-order chi connectivity index (χ1) is 24.5. The number of fused-ring (bicyclic) bond motifs is 1. The monoisotopic (exact) mass is 665 g/mol. The molecule has 2 N–H and O–H groups in total. The second-order valence-corrected chi connectivity index (χ2v) is 13.5. The second kappa shape index (κ2) is 15.5. The van der Waals surface area contributed by atoms with Gasteiger partial charge in [-0.15, -0.1) is 0 Å². The molecular weight excluding hydrogens is 622 g/mol. The lowest BCUT2D eigenvalue weighted by Gasteiger charge is -2.42. The van der Waals surface area contributed by atoms with E-state index in [0.29, 0.717) is 18.9 Å². The zero-order valence-electron chi connectivity index (χ0n) is 28.2. The van der Waals surface area contributed by atoms with E-state index in [1.54, 1.807) is 17.3 Å². The predicted octanol–water partition coefficient (Wildman–Crippen LogP) is 5.41. The predicted molar refractivity (Wildman–Crippen MR) is 196 cm³/mol. The summed E-state index contributed by atoms with van der Waals surface area (Å²) in [5.41, 5.74) is 4.92. The molecule has 5 aromatic rings. The van der Waals surface area contributed by atoms with Gasteiger partial charge < -0.3 is 20.4 Å². The number of benzene rings is 4. The van der Waals surface area contributed by atoms with Crippen LogP contribution < -0.4 is 10.6 Å². The van der Waals surface area contributed by atoms with E-state index in [4.69, 9.17) is 0 Å². The lowest BCUT2D eigenvalue weighted by atomic mass is 9.95. The molecule has 0 aliphatic carbocycles. The van der Waals surface area contributed by atoms with Gasteiger partial charge in [-0.25, -0.2) is 0 Å². The summed E-state index contributed by atoms with van der Waals surface area (Å²) in [6.45, 7) is 2.74. The molecule has 2 saturated heterocycles. The van der Waals surface area contributed by atoms with Crippen LogP contribution in [0.5, 0.6) is 0 Å². The van der Waals surface area contributed by atoms with Crippen LogP contribution in [0.1, 0.15) is 29.5 Å². The van der Waals surface area contributed by atoms with Crippen molar-refractivity contribution < 1.29 is 14.4 Å². The van der Waals surface area contributed by atoms with Crippen molar-refractivity contribution in [3.8, 4) is 11.1 Å². The molecular formula is C42H43N5O3. The summed E-state index contributed by atoms with van der Waals surface area (Å²) in [4.78, 5) is 50.3. The summed E-state index contributed by atoms with van der Waals surface area (Å²) in [6.07, 6.45) is 5.88. The highest BCUT2D eigenvalue weighted by Crippen LogP contribution is 2.25. The van der Waals surface area contributed by atoms with Crippen molar-refractivity contribution in [2.75, 3.05) is 26.2 Å². The Kier molecular flexibility index (Phi) is 10.3. The Labute approximate surface area is 293 Å². The van der Waals surface area contributed by atoms with Crippen molar-refractivity contribution >= 4 is 28.5 Å². The fourth-order valence-electron chi connectivity index (χ4n) is 7.22. The highest BCUT2D eigenvalue weighted by molar-refractivity contribution is 5.97. The number of pyridine rings is 1. The third-order valence-corrected chi connectivity index (χ3v) is 10.0. The summed E-state index contributed by atoms with van der Waals surface area (Å²) >= 11 is 0. The van der Waals surface area contributed by atoms with E-state index in [2.05, 4.69) is 64.1 Å². The van der Waals surface area contributed by atoms with Gasteiger partial charge in [0.05, 0.1) is 13.0 Å².